The summed E-state index contributed by atoms with van der Waals surface area (Å²) in [5.74, 6) is 2.42. The first-order chi connectivity index (χ1) is 11.7. The molecule has 1 aromatic carbocycles. The molecule has 0 spiro atoms. The number of nitrogens with zero attached hydrogens (tertiary/aromatic N) is 1. The summed E-state index contributed by atoms with van der Waals surface area (Å²) in [7, 11) is 1.89. The van der Waals surface area contributed by atoms with Crippen molar-refractivity contribution in [1.82, 2.24) is 10.2 Å². The summed E-state index contributed by atoms with van der Waals surface area (Å²) in [6.45, 7) is 2.71. The second-order valence-corrected chi connectivity index (χ2v) is 5.83. The van der Waals surface area contributed by atoms with E-state index in [1.54, 1.807) is 6.26 Å². The Morgan fingerprint density at radius 1 is 1.21 bits per heavy atom. The van der Waals surface area contributed by atoms with Crippen molar-refractivity contribution < 1.29 is 18.7 Å². The van der Waals surface area contributed by atoms with Crippen molar-refractivity contribution in [1.29, 1.82) is 0 Å². The van der Waals surface area contributed by atoms with Crippen LogP contribution in [0, 0.1) is 0 Å². The van der Waals surface area contributed by atoms with E-state index in [-0.39, 0.29) is 5.91 Å². The Kier molecular flexibility index (Phi) is 5.38. The molecule has 0 saturated carbocycles. The van der Waals surface area contributed by atoms with Crippen LogP contribution in [0.2, 0.25) is 0 Å². The monoisotopic (exact) mass is 330 g/mol. The molecule has 0 fully saturated rings. The zero-order chi connectivity index (χ0) is 16.8. The van der Waals surface area contributed by atoms with Gasteiger partial charge in [0.2, 0.25) is 5.91 Å². The molecule has 0 saturated heterocycles. The van der Waals surface area contributed by atoms with E-state index in [0.29, 0.717) is 32.8 Å². The quantitative estimate of drug-likeness (QED) is 0.839. The van der Waals surface area contributed by atoms with Crippen molar-refractivity contribution in [3.05, 3.63) is 47.9 Å². The van der Waals surface area contributed by atoms with Crippen LogP contribution in [0.4, 0.5) is 0 Å². The minimum Gasteiger partial charge on any atom is -0.486 e. The number of amides is 1. The maximum absolute atomic E-state index is 12.0. The molecule has 128 valence electrons. The Morgan fingerprint density at radius 3 is 2.83 bits per heavy atom. The highest BCUT2D eigenvalue weighted by molar-refractivity contribution is 5.77. The average molecular weight is 330 g/mol. The number of carbonyl (C=O) groups is 1. The molecular formula is C18H22N2O4. The molecule has 2 heterocycles. The zero-order valence-electron chi connectivity index (χ0n) is 13.8. The third-order valence-corrected chi connectivity index (χ3v) is 3.76. The molecule has 1 aliphatic rings. The van der Waals surface area contributed by atoms with E-state index >= 15 is 0 Å². The number of rotatable bonds is 7. The first-order valence-electron chi connectivity index (χ1n) is 8.07. The van der Waals surface area contributed by atoms with Gasteiger partial charge >= 0.3 is 0 Å². The van der Waals surface area contributed by atoms with E-state index < -0.39 is 0 Å². The average Bonchev–Trinajstić information content (AvgIpc) is 3.07. The Balaban J connectivity index is 1.40. The van der Waals surface area contributed by atoms with E-state index in [1.165, 1.54) is 0 Å². The Bertz CT molecular complexity index is 670. The fraction of sp³-hybridized carbons (Fsp3) is 0.389. The molecule has 0 atom stereocenters. The van der Waals surface area contributed by atoms with Crippen molar-refractivity contribution in [3.63, 3.8) is 0 Å². The number of likely N-dealkylation sites (N-methyl/N-ethyl adjacent to an activating group) is 1. The fourth-order valence-electron chi connectivity index (χ4n) is 2.62. The molecule has 1 aliphatic heterocycles. The summed E-state index contributed by atoms with van der Waals surface area (Å²) in [5, 5.41) is 2.94. The van der Waals surface area contributed by atoms with Crippen molar-refractivity contribution in [2.24, 2.45) is 0 Å². The molecule has 1 N–H and O–H groups in total. The molecule has 0 unspecified atom stereocenters. The highest BCUT2D eigenvalue weighted by Crippen LogP contribution is 2.30. The van der Waals surface area contributed by atoms with Crippen LogP contribution in [-0.2, 0) is 17.8 Å². The summed E-state index contributed by atoms with van der Waals surface area (Å²) < 4.78 is 16.3. The maximum Gasteiger partial charge on any atom is 0.234 e. The molecular weight excluding hydrogens is 308 g/mol. The highest BCUT2D eigenvalue weighted by atomic mass is 16.6. The van der Waals surface area contributed by atoms with Crippen LogP contribution in [0.25, 0.3) is 0 Å². The lowest BCUT2D eigenvalue weighted by Crippen LogP contribution is -2.35. The van der Waals surface area contributed by atoms with Gasteiger partial charge in [-0.25, -0.2) is 0 Å². The molecule has 1 aromatic heterocycles. The van der Waals surface area contributed by atoms with Crippen LogP contribution in [0.5, 0.6) is 11.5 Å². The van der Waals surface area contributed by atoms with E-state index in [0.717, 1.165) is 29.2 Å². The molecule has 1 amide bonds. The lowest BCUT2D eigenvalue weighted by Gasteiger charge is -2.19. The van der Waals surface area contributed by atoms with Gasteiger partial charge in [0.15, 0.2) is 11.5 Å². The standard InChI is InChI=1S/C18H22N2O4/c1-20(12-15-3-2-8-22-15)13-18(21)19-7-6-14-4-5-16-17(11-14)24-10-9-23-16/h2-5,8,11H,6-7,9-10,12-13H2,1H3,(H,19,21). The summed E-state index contributed by atoms with van der Waals surface area (Å²) >= 11 is 0. The van der Waals surface area contributed by atoms with Gasteiger partial charge in [-0.15, -0.1) is 0 Å². The molecule has 6 heteroatoms. The summed E-state index contributed by atoms with van der Waals surface area (Å²) in [5.41, 5.74) is 1.11. The van der Waals surface area contributed by atoms with Crippen molar-refractivity contribution >= 4 is 5.91 Å². The van der Waals surface area contributed by atoms with E-state index in [4.69, 9.17) is 13.9 Å². The Hall–Kier alpha value is -2.47. The molecule has 2 aromatic rings. The first-order valence-corrected chi connectivity index (χ1v) is 8.07. The van der Waals surface area contributed by atoms with Gasteiger partial charge in [0, 0.05) is 6.54 Å². The number of carbonyl (C=O) groups excluding carboxylic acids is 1. The SMILES string of the molecule is CN(CC(=O)NCCc1ccc2c(c1)OCCO2)Cc1ccco1. The zero-order valence-corrected chi connectivity index (χ0v) is 13.8. The number of furan rings is 1. The van der Waals surface area contributed by atoms with Crippen LogP contribution in [0.1, 0.15) is 11.3 Å². The van der Waals surface area contributed by atoms with Gasteiger partial charge in [0.05, 0.1) is 19.4 Å². The number of hydrogen-bond donors (Lipinski definition) is 1. The van der Waals surface area contributed by atoms with Crippen LogP contribution in [-0.4, -0.2) is 44.2 Å². The largest absolute Gasteiger partial charge is 0.486 e. The number of benzene rings is 1. The van der Waals surface area contributed by atoms with Gasteiger partial charge in [-0.2, -0.15) is 0 Å². The number of fused-ring (bicyclic) bond motifs is 1. The molecule has 3 rings (SSSR count). The van der Waals surface area contributed by atoms with E-state index in [2.05, 4.69) is 5.32 Å². The minimum absolute atomic E-state index is 0.00148. The van der Waals surface area contributed by atoms with Gasteiger partial charge < -0.3 is 19.2 Å². The third kappa shape index (κ3) is 4.52. The third-order valence-electron chi connectivity index (χ3n) is 3.76. The highest BCUT2D eigenvalue weighted by Gasteiger charge is 2.12. The Labute approximate surface area is 141 Å². The summed E-state index contributed by atoms with van der Waals surface area (Å²) in [4.78, 5) is 13.9. The van der Waals surface area contributed by atoms with Gasteiger partial charge in [-0.3, -0.25) is 9.69 Å². The normalized spacial score (nSPS) is 13.1. The maximum atomic E-state index is 12.0. The first kappa shape index (κ1) is 16.4. The fourth-order valence-corrected chi connectivity index (χ4v) is 2.62. The molecule has 0 aliphatic carbocycles. The van der Waals surface area contributed by atoms with Crippen LogP contribution < -0.4 is 14.8 Å². The molecule has 0 bridgehead atoms. The molecule has 6 nitrogen and oxygen atoms in total. The lowest BCUT2D eigenvalue weighted by molar-refractivity contribution is -0.122. The topological polar surface area (TPSA) is 63.9 Å². The number of nitrogens with one attached hydrogen (secondary N) is 1. The lowest BCUT2D eigenvalue weighted by atomic mass is 10.1. The van der Waals surface area contributed by atoms with Gasteiger partial charge in [0.1, 0.15) is 19.0 Å². The van der Waals surface area contributed by atoms with Gasteiger partial charge in [-0.05, 0) is 43.3 Å². The number of hydrogen-bond acceptors (Lipinski definition) is 5. The van der Waals surface area contributed by atoms with Crippen LogP contribution in [0.15, 0.2) is 41.0 Å². The van der Waals surface area contributed by atoms with Gasteiger partial charge in [0.25, 0.3) is 0 Å². The van der Waals surface area contributed by atoms with Crippen molar-refractivity contribution in [2.45, 2.75) is 13.0 Å². The van der Waals surface area contributed by atoms with Crippen LogP contribution in [0.3, 0.4) is 0 Å². The predicted molar refractivity (Wildman–Crippen MR) is 89.2 cm³/mol. The summed E-state index contributed by atoms with van der Waals surface area (Å²) in [6, 6.07) is 9.64. The predicted octanol–water partition coefficient (Wildman–Crippen LogP) is 1.84. The Morgan fingerprint density at radius 2 is 2.04 bits per heavy atom. The second-order valence-electron chi connectivity index (χ2n) is 5.83. The minimum atomic E-state index is 0.00148. The van der Waals surface area contributed by atoms with Crippen molar-refractivity contribution in [3.8, 4) is 11.5 Å². The smallest absolute Gasteiger partial charge is 0.234 e. The van der Waals surface area contributed by atoms with Crippen LogP contribution >= 0.6 is 0 Å². The van der Waals surface area contributed by atoms with Crippen molar-refractivity contribution in [2.75, 3.05) is 33.4 Å². The number of ether oxygens (including phenoxy) is 2. The molecule has 24 heavy (non-hydrogen) atoms. The van der Waals surface area contributed by atoms with E-state index in [1.807, 2.05) is 42.3 Å². The van der Waals surface area contributed by atoms with Gasteiger partial charge in [-0.1, -0.05) is 6.07 Å². The van der Waals surface area contributed by atoms with E-state index in [9.17, 15) is 4.79 Å². The molecule has 0 radical (unpaired) electrons. The second kappa shape index (κ2) is 7.88. The summed E-state index contributed by atoms with van der Waals surface area (Å²) in [6.07, 6.45) is 2.39.